The van der Waals surface area contributed by atoms with Crippen molar-refractivity contribution in [2.24, 2.45) is 0 Å². The zero-order chi connectivity index (χ0) is 27.6. The van der Waals surface area contributed by atoms with E-state index in [0.717, 1.165) is 5.56 Å². The molecular weight excluding hydrogens is 522 g/mol. The fraction of sp³-hybridized carbons (Fsp3) is 0.321. The van der Waals surface area contributed by atoms with Gasteiger partial charge in [-0.3, -0.25) is 4.72 Å². The van der Waals surface area contributed by atoms with E-state index in [1.807, 2.05) is 19.9 Å². The monoisotopic (exact) mass is 552 g/mol. The van der Waals surface area contributed by atoms with Crippen LogP contribution in [0.4, 0.5) is 20.4 Å². The lowest BCUT2D eigenvalue weighted by molar-refractivity contribution is 0.254. The molecule has 1 saturated heterocycles. The van der Waals surface area contributed by atoms with Gasteiger partial charge in [-0.05, 0) is 35.2 Å². The first-order valence-electron chi connectivity index (χ1n) is 12.8. The number of halogens is 2. The lowest BCUT2D eigenvalue weighted by atomic mass is 9.99. The Balaban J connectivity index is 1.40. The smallest absolute Gasteiger partial charge is 0.237 e. The van der Waals surface area contributed by atoms with Gasteiger partial charge in [0.05, 0.1) is 28.8 Å². The average Bonchev–Trinajstić information content (AvgIpc) is 2.89. The highest BCUT2D eigenvalue weighted by Gasteiger charge is 2.22. The number of sulfonamides is 1. The zero-order valence-electron chi connectivity index (χ0n) is 21.7. The second-order valence-electron chi connectivity index (χ2n) is 10.1. The summed E-state index contributed by atoms with van der Waals surface area (Å²) in [7, 11) is -3.81. The highest BCUT2D eigenvalue weighted by Crippen LogP contribution is 2.31. The van der Waals surface area contributed by atoms with Crippen LogP contribution in [-0.4, -0.2) is 48.7 Å². The molecular formula is C28H30F2N6O2S. The molecule has 3 N–H and O–H groups in total. The van der Waals surface area contributed by atoms with Crippen LogP contribution in [0.2, 0.25) is 0 Å². The van der Waals surface area contributed by atoms with Crippen molar-refractivity contribution in [3.63, 3.8) is 0 Å². The molecule has 0 spiro atoms. The van der Waals surface area contributed by atoms with E-state index >= 15 is 4.39 Å². The number of rotatable bonds is 8. The van der Waals surface area contributed by atoms with Gasteiger partial charge >= 0.3 is 0 Å². The third kappa shape index (κ3) is 6.48. The molecule has 8 nitrogen and oxygen atoms in total. The van der Waals surface area contributed by atoms with Gasteiger partial charge in [0.15, 0.2) is 0 Å². The summed E-state index contributed by atoms with van der Waals surface area (Å²) >= 11 is 0. The number of hydrogen-bond acceptors (Lipinski definition) is 7. The first-order valence-corrected chi connectivity index (χ1v) is 14.5. The van der Waals surface area contributed by atoms with Gasteiger partial charge in [-0.25, -0.2) is 32.2 Å². The highest BCUT2D eigenvalue weighted by atomic mass is 32.2. The maximum absolute atomic E-state index is 15.1. The first kappa shape index (κ1) is 26.9. The molecule has 0 aliphatic carbocycles. The van der Waals surface area contributed by atoms with E-state index in [1.54, 1.807) is 42.6 Å². The van der Waals surface area contributed by atoms with Crippen LogP contribution < -0.4 is 15.4 Å². The van der Waals surface area contributed by atoms with E-state index in [0.29, 0.717) is 53.3 Å². The van der Waals surface area contributed by atoms with E-state index in [9.17, 15) is 12.8 Å². The van der Waals surface area contributed by atoms with Gasteiger partial charge in [0.25, 0.3) is 0 Å². The number of piperidine rings is 1. The number of benzene rings is 2. The van der Waals surface area contributed by atoms with E-state index < -0.39 is 22.0 Å². The van der Waals surface area contributed by atoms with Crippen LogP contribution in [0.1, 0.15) is 37.3 Å². The number of nitrogens with one attached hydrogen (secondary N) is 3. The molecule has 1 aliphatic rings. The number of anilines is 2. The molecule has 5 rings (SSSR count). The molecule has 2 atom stereocenters. The topological polar surface area (TPSA) is 109 Å². The molecule has 0 unspecified atom stereocenters. The minimum Gasteiger partial charge on any atom is -0.350 e. The zero-order valence-corrected chi connectivity index (χ0v) is 22.5. The standard InChI is InChI=1S/C28H30F2N6O2S/c1-17(2)22-12-25(34-26-15-32-28(35-27(22)26)33-21-11-20(29)13-31-14-21)19-8-9-24(23(30)10-19)36-39(37,38)16-18-6-4-3-5-7-18/h3-10,12,15,17,20-21,31,36H,11,13-14,16H2,1-2H3,(H,32,33,35)/t20-,21-/m0/s1. The summed E-state index contributed by atoms with van der Waals surface area (Å²) in [5.74, 6) is -0.489. The van der Waals surface area contributed by atoms with Crippen molar-refractivity contribution in [3.8, 4) is 11.3 Å². The Hall–Kier alpha value is -3.70. The van der Waals surface area contributed by atoms with E-state index in [2.05, 4.69) is 30.3 Å². The van der Waals surface area contributed by atoms with Crippen molar-refractivity contribution in [1.82, 2.24) is 20.3 Å². The van der Waals surface area contributed by atoms with Gasteiger partial charge in [-0.1, -0.05) is 50.2 Å². The minimum absolute atomic E-state index is 0.0810. The van der Waals surface area contributed by atoms with Crippen LogP contribution in [0, 0.1) is 5.82 Å². The van der Waals surface area contributed by atoms with Gasteiger partial charge in [-0.2, -0.15) is 0 Å². The molecule has 1 fully saturated rings. The van der Waals surface area contributed by atoms with Gasteiger partial charge in [0.1, 0.15) is 17.5 Å². The predicted octanol–water partition coefficient (Wildman–Crippen LogP) is 5.01. The molecule has 4 aromatic rings. The van der Waals surface area contributed by atoms with E-state index in [4.69, 9.17) is 0 Å². The fourth-order valence-corrected chi connectivity index (χ4v) is 5.85. The van der Waals surface area contributed by atoms with E-state index in [1.165, 1.54) is 12.1 Å². The van der Waals surface area contributed by atoms with Crippen LogP contribution >= 0.6 is 0 Å². The minimum atomic E-state index is -3.81. The Morgan fingerprint density at radius 3 is 2.59 bits per heavy atom. The Labute approximate surface area is 226 Å². The number of alkyl halides is 1. The number of fused-ring (bicyclic) bond motifs is 1. The Morgan fingerprint density at radius 1 is 1.08 bits per heavy atom. The largest absolute Gasteiger partial charge is 0.350 e. The van der Waals surface area contributed by atoms with Crippen molar-refractivity contribution >= 4 is 32.7 Å². The third-order valence-electron chi connectivity index (χ3n) is 6.56. The molecule has 0 saturated carbocycles. The van der Waals surface area contributed by atoms with Gasteiger partial charge in [0, 0.05) is 31.1 Å². The first-order chi connectivity index (χ1) is 18.7. The molecule has 2 aromatic heterocycles. The predicted molar refractivity (Wildman–Crippen MR) is 149 cm³/mol. The number of aromatic nitrogens is 3. The maximum Gasteiger partial charge on any atom is 0.237 e. The third-order valence-corrected chi connectivity index (χ3v) is 7.80. The molecule has 2 aromatic carbocycles. The van der Waals surface area contributed by atoms with Crippen LogP contribution in [0.25, 0.3) is 22.3 Å². The summed E-state index contributed by atoms with van der Waals surface area (Å²) in [5, 5.41) is 6.26. The van der Waals surface area contributed by atoms with Crippen molar-refractivity contribution in [2.75, 3.05) is 23.1 Å². The Morgan fingerprint density at radius 2 is 1.87 bits per heavy atom. The van der Waals surface area contributed by atoms with Crippen molar-refractivity contribution < 1.29 is 17.2 Å². The SMILES string of the molecule is CC(C)c1cc(-c2ccc(NS(=O)(=O)Cc3ccccc3)c(F)c2)nc2cnc(N[C@@H]3CNC[C@@H](F)C3)nc12. The second-order valence-corrected chi connectivity index (χ2v) is 11.8. The summed E-state index contributed by atoms with van der Waals surface area (Å²) in [5.41, 5.74) is 3.59. The van der Waals surface area contributed by atoms with Crippen LogP contribution in [0.3, 0.4) is 0 Å². The summed E-state index contributed by atoms with van der Waals surface area (Å²) in [6.45, 7) is 5.03. The van der Waals surface area contributed by atoms with Crippen LogP contribution in [0.5, 0.6) is 0 Å². The molecule has 0 radical (unpaired) electrons. The van der Waals surface area contributed by atoms with Crippen LogP contribution in [0.15, 0.2) is 60.8 Å². The van der Waals surface area contributed by atoms with Gasteiger partial charge in [-0.15, -0.1) is 0 Å². The van der Waals surface area contributed by atoms with Gasteiger partial charge in [0.2, 0.25) is 16.0 Å². The fourth-order valence-electron chi connectivity index (χ4n) is 4.64. The summed E-state index contributed by atoms with van der Waals surface area (Å²) in [4.78, 5) is 13.7. The number of hydrogen-bond donors (Lipinski definition) is 3. The molecule has 3 heterocycles. The van der Waals surface area contributed by atoms with Gasteiger partial charge < -0.3 is 10.6 Å². The van der Waals surface area contributed by atoms with Crippen LogP contribution in [-0.2, 0) is 15.8 Å². The Kier molecular flexibility index (Phi) is 7.72. The summed E-state index contributed by atoms with van der Waals surface area (Å²) in [6.07, 6.45) is 1.07. The lowest BCUT2D eigenvalue weighted by Crippen LogP contribution is -2.44. The van der Waals surface area contributed by atoms with E-state index in [-0.39, 0.29) is 23.4 Å². The normalized spacial score (nSPS) is 17.9. The maximum atomic E-state index is 15.1. The molecule has 11 heteroatoms. The van der Waals surface area contributed by atoms with Crippen molar-refractivity contribution in [3.05, 3.63) is 77.7 Å². The highest BCUT2D eigenvalue weighted by molar-refractivity contribution is 7.91. The number of nitrogens with zero attached hydrogens (tertiary/aromatic N) is 3. The van der Waals surface area contributed by atoms with Crippen molar-refractivity contribution in [2.45, 2.75) is 44.2 Å². The molecule has 0 bridgehead atoms. The molecule has 204 valence electrons. The Bertz CT molecular complexity index is 1580. The molecule has 1 aliphatic heterocycles. The number of pyridine rings is 1. The quantitative estimate of drug-likeness (QED) is 0.282. The summed E-state index contributed by atoms with van der Waals surface area (Å²) in [6, 6.07) is 14.7. The molecule has 39 heavy (non-hydrogen) atoms. The lowest BCUT2D eigenvalue weighted by Gasteiger charge is -2.26. The summed E-state index contributed by atoms with van der Waals surface area (Å²) < 4.78 is 56.3. The molecule has 0 amide bonds. The average molecular weight is 553 g/mol. The second kappa shape index (κ2) is 11.2. The van der Waals surface area contributed by atoms with Crippen molar-refractivity contribution in [1.29, 1.82) is 0 Å².